The highest BCUT2D eigenvalue weighted by Crippen LogP contribution is 2.45. The average molecular weight is 286 g/mol. The molecule has 0 atom stereocenters. The van der Waals surface area contributed by atoms with Crippen LogP contribution in [0.25, 0.3) is 11.1 Å². The molecule has 0 saturated carbocycles. The second kappa shape index (κ2) is 6.08. The topological polar surface area (TPSA) is 60.7 Å². The molecule has 0 aliphatic rings. The fraction of sp³-hybridized carbons (Fsp3) is 0.333. The maximum Gasteiger partial charge on any atom is 0.165 e. The van der Waals surface area contributed by atoms with Gasteiger partial charge in [0.25, 0.3) is 0 Å². The number of benzene rings is 2. The molecule has 2 aromatic carbocycles. The third-order valence-corrected chi connectivity index (χ3v) is 3.95. The summed E-state index contributed by atoms with van der Waals surface area (Å²) in [4.78, 5) is 0. The van der Waals surface area contributed by atoms with Crippen molar-refractivity contribution >= 4 is 0 Å². The number of aromatic hydroxyl groups is 3. The van der Waals surface area contributed by atoms with Gasteiger partial charge < -0.3 is 15.3 Å². The van der Waals surface area contributed by atoms with E-state index < -0.39 is 0 Å². The van der Waals surface area contributed by atoms with E-state index in [1.54, 1.807) is 0 Å². The molecule has 2 rings (SSSR count). The fourth-order valence-corrected chi connectivity index (χ4v) is 2.74. The molecule has 0 spiro atoms. The molecule has 3 nitrogen and oxygen atoms in total. The first-order valence-electron chi connectivity index (χ1n) is 7.42. The van der Waals surface area contributed by atoms with Gasteiger partial charge in [-0.2, -0.15) is 0 Å². The summed E-state index contributed by atoms with van der Waals surface area (Å²) in [6, 6.07) is 7.30. The molecule has 21 heavy (non-hydrogen) atoms. The first kappa shape index (κ1) is 15.2. The van der Waals surface area contributed by atoms with Crippen LogP contribution >= 0.6 is 0 Å². The van der Waals surface area contributed by atoms with Gasteiger partial charge in [0, 0.05) is 17.2 Å². The largest absolute Gasteiger partial charge is 0.508 e. The fourth-order valence-electron chi connectivity index (χ4n) is 2.74. The molecule has 0 bridgehead atoms. The molecule has 0 fully saturated rings. The van der Waals surface area contributed by atoms with Gasteiger partial charge in [0.2, 0.25) is 0 Å². The number of rotatable bonds is 4. The van der Waals surface area contributed by atoms with Gasteiger partial charge in [-0.25, -0.2) is 0 Å². The second-order valence-electron chi connectivity index (χ2n) is 5.17. The molecule has 0 unspecified atom stereocenters. The molecule has 0 aliphatic carbocycles. The van der Waals surface area contributed by atoms with Crippen molar-refractivity contribution in [3.05, 3.63) is 41.0 Å². The maximum absolute atomic E-state index is 10.3. The SMILES string of the molecule is CCc1ccc(-c2c(O)c(O)cc(O)c2CC)c(CC)c1. The minimum Gasteiger partial charge on any atom is -0.508 e. The summed E-state index contributed by atoms with van der Waals surface area (Å²) >= 11 is 0. The van der Waals surface area contributed by atoms with Crippen molar-refractivity contribution in [3.8, 4) is 28.4 Å². The molecule has 0 aliphatic heterocycles. The molecule has 0 radical (unpaired) electrons. The predicted octanol–water partition coefficient (Wildman–Crippen LogP) is 4.16. The lowest BCUT2D eigenvalue weighted by Crippen LogP contribution is -1.96. The molecule has 3 N–H and O–H groups in total. The van der Waals surface area contributed by atoms with Crippen LogP contribution in [0.4, 0.5) is 0 Å². The van der Waals surface area contributed by atoms with Crippen molar-refractivity contribution in [3.63, 3.8) is 0 Å². The normalized spacial score (nSPS) is 10.8. The summed E-state index contributed by atoms with van der Waals surface area (Å²) in [5.74, 6) is -0.436. The third kappa shape index (κ3) is 2.68. The average Bonchev–Trinajstić information content (AvgIpc) is 2.50. The quantitative estimate of drug-likeness (QED) is 0.584. The van der Waals surface area contributed by atoms with Crippen molar-refractivity contribution in [1.82, 2.24) is 0 Å². The van der Waals surface area contributed by atoms with Gasteiger partial charge in [-0.05, 0) is 36.0 Å². The zero-order chi connectivity index (χ0) is 15.6. The van der Waals surface area contributed by atoms with Crippen LogP contribution in [0.1, 0.15) is 37.5 Å². The molecule has 0 aromatic heterocycles. The first-order chi connectivity index (χ1) is 10.0. The van der Waals surface area contributed by atoms with E-state index in [2.05, 4.69) is 19.9 Å². The predicted molar refractivity (Wildman–Crippen MR) is 85.0 cm³/mol. The van der Waals surface area contributed by atoms with Gasteiger partial charge in [0.15, 0.2) is 11.5 Å². The lowest BCUT2D eigenvalue weighted by atomic mass is 9.90. The lowest BCUT2D eigenvalue weighted by molar-refractivity contribution is 0.396. The van der Waals surface area contributed by atoms with E-state index >= 15 is 0 Å². The highest BCUT2D eigenvalue weighted by molar-refractivity contribution is 5.81. The van der Waals surface area contributed by atoms with Gasteiger partial charge in [-0.1, -0.05) is 39.0 Å². The van der Waals surface area contributed by atoms with Crippen molar-refractivity contribution in [2.45, 2.75) is 40.0 Å². The third-order valence-electron chi connectivity index (χ3n) is 3.95. The van der Waals surface area contributed by atoms with E-state index in [4.69, 9.17) is 0 Å². The standard InChI is InChI=1S/C18H22O3/c1-4-11-7-8-14(12(5-2)9-11)17-13(6-3)15(19)10-16(20)18(17)21/h7-10,19-21H,4-6H2,1-3H3. The molecule has 2 aromatic rings. The summed E-state index contributed by atoms with van der Waals surface area (Å²) in [5, 5.41) is 30.1. The summed E-state index contributed by atoms with van der Waals surface area (Å²) in [6.07, 6.45) is 2.35. The van der Waals surface area contributed by atoms with Crippen molar-refractivity contribution in [2.75, 3.05) is 0 Å². The number of phenolic OH excluding ortho intramolecular Hbond substituents is 3. The van der Waals surface area contributed by atoms with E-state index in [0.717, 1.165) is 24.0 Å². The van der Waals surface area contributed by atoms with Gasteiger partial charge in [0.1, 0.15) is 5.75 Å². The highest BCUT2D eigenvalue weighted by atomic mass is 16.3. The van der Waals surface area contributed by atoms with Crippen LogP contribution in [0.5, 0.6) is 17.2 Å². The van der Waals surface area contributed by atoms with Crippen LogP contribution in [-0.2, 0) is 19.3 Å². The lowest BCUT2D eigenvalue weighted by Gasteiger charge is -2.17. The number of phenols is 3. The van der Waals surface area contributed by atoms with Crippen LogP contribution in [0, 0.1) is 0 Å². The second-order valence-corrected chi connectivity index (χ2v) is 5.17. The van der Waals surface area contributed by atoms with Gasteiger partial charge in [-0.15, -0.1) is 0 Å². The Kier molecular flexibility index (Phi) is 4.41. The van der Waals surface area contributed by atoms with E-state index in [1.807, 2.05) is 19.1 Å². The van der Waals surface area contributed by atoms with Crippen molar-refractivity contribution in [1.29, 1.82) is 0 Å². The van der Waals surface area contributed by atoms with E-state index in [0.29, 0.717) is 17.5 Å². The molecule has 0 saturated heterocycles. The summed E-state index contributed by atoms with van der Waals surface area (Å²) in [7, 11) is 0. The Hall–Kier alpha value is -2.16. The van der Waals surface area contributed by atoms with Crippen LogP contribution in [0.3, 0.4) is 0 Å². The minimum absolute atomic E-state index is 0.0180. The van der Waals surface area contributed by atoms with Crippen LogP contribution in [0.2, 0.25) is 0 Å². The van der Waals surface area contributed by atoms with E-state index in [9.17, 15) is 15.3 Å². The number of aryl methyl sites for hydroxylation is 2. The van der Waals surface area contributed by atoms with Gasteiger partial charge in [-0.3, -0.25) is 0 Å². The molecular weight excluding hydrogens is 264 g/mol. The van der Waals surface area contributed by atoms with Gasteiger partial charge >= 0.3 is 0 Å². The Bertz CT molecular complexity index is 660. The molecule has 112 valence electrons. The first-order valence-corrected chi connectivity index (χ1v) is 7.42. The Labute approximate surface area is 125 Å². The van der Waals surface area contributed by atoms with Gasteiger partial charge in [0.05, 0.1) is 0 Å². The minimum atomic E-state index is -0.290. The van der Waals surface area contributed by atoms with Crippen LogP contribution in [-0.4, -0.2) is 15.3 Å². The molecule has 0 heterocycles. The number of hydrogen-bond acceptors (Lipinski definition) is 3. The van der Waals surface area contributed by atoms with Crippen LogP contribution in [0.15, 0.2) is 24.3 Å². The Balaban J connectivity index is 2.77. The summed E-state index contributed by atoms with van der Waals surface area (Å²) in [5.41, 5.74) is 4.40. The van der Waals surface area contributed by atoms with E-state index in [1.165, 1.54) is 11.6 Å². The molecule has 3 heteroatoms. The van der Waals surface area contributed by atoms with Crippen LogP contribution < -0.4 is 0 Å². The summed E-state index contributed by atoms with van der Waals surface area (Å²) in [6.45, 7) is 6.08. The zero-order valence-electron chi connectivity index (χ0n) is 12.8. The zero-order valence-corrected chi connectivity index (χ0v) is 12.8. The van der Waals surface area contributed by atoms with E-state index in [-0.39, 0.29) is 17.2 Å². The summed E-state index contributed by atoms with van der Waals surface area (Å²) < 4.78 is 0. The monoisotopic (exact) mass is 286 g/mol. The Morgan fingerprint density at radius 2 is 1.52 bits per heavy atom. The Morgan fingerprint density at radius 1 is 0.810 bits per heavy atom. The van der Waals surface area contributed by atoms with Crippen molar-refractivity contribution in [2.24, 2.45) is 0 Å². The molecular formula is C18H22O3. The van der Waals surface area contributed by atoms with Crippen molar-refractivity contribution < 1.29 is 15.3 Å². The molecule has 0 amide bonds. The maximum atomic E-state index is 10.3. The Morgan fingerprint density at radius 3 is 2.10 bits per heavy atom. The smallest absolute Gasteiger partial charge is 0.165 e. The number of hydrogen-bond donors (Lipinski definition) is 3. The highest BCUT2D eigenvalue weighted by Gasteiger charge is 2.19.